The maximum Gasteiger partial charge on any atom is 0.257 e. The Hall–Kier alpha value is -3.31. The fraction of sp³-hybridized carbons (Fsp3) is 0.167. The van der Waals surface area contributed by atoms with E-state index in [0.29, 0.717) is 10.6 Å². The molecule has 0 saturated carbocycles. The quantitative estimate of drug-likeness (QED) is 0.495. The first-order valence-electron chi connectivity index (χ1n) is 9.96. The molecule has 5 rings (SSSR count). The SMILES string of the molecule is Cc1ccc(N2CCn3c(nc4ccccc43)C2)cc1NC(=O)c1ccccc1Cl. The number of rotatable bonds is 3. The molecule has 0 spiro atoms. The number of carbonyl (C=O) groups excluding carboxylic acids is 1. The predicted octanol–water partition coefficient (Wildman–Crippen LogP) is 5.27. The number of anilines is 2. The van der Waals surface area contributed by atoms with E-state index in [1.807, 2.05) is 37.3 Å². The van der Waals surface area contributed by atoms with Crippen LogP contribution in [0, 0.1) is 6.92 Å². The highest BCUT2D eigenvalue weighted by molar-refractivity contribution is 6.34. The Labute approximate surface area is 179 Å². The second-order valence-electron chi connectivity index (χ2n) is 7.52. The Morgan fingerprint density at radius 3 is 2.70 bits per heavy atom. The Morgan fingerprint density at radius 1 is 1.03 bits per heavy atom. The van der Waals surface area contributed by atoms with Gasteiger partial charge in [0.05, 0.1) is 28.2 Å². The molecular weight excluding hydrogens is 396 g/mol. The second kappa shape index (κ2) is 7.50. The maximum absolute atomic E-state index is 12.7. The number of aryl methyl sites for hydroxylation is 1. The fourth-order valence-corrected chi connectivity index (χ4v) is 4.18. The lowest BCUT2D eigenvalue weighted by atomic mass is 10.1. The van der Waals surface area contributed by atoms with Gasteiger partial charge in [0.25, 0.3) is 5.91 Å². The molecule has 6 heteroatoms. The van der Waals surface area contributed by atoms with Gasteiger partial charge in [-0.3, -0.25) is 4.79 Å². The van der Waals surface area contributed by atoms with E-state index in [-0.39, 0.29) is 5.91 Å². The summed E-state index contributed by atoms with van der Waals surface area (Å²) in [6.45, 7) is 4.48. The predicted molar refractivity (Wildman–Crippen MR) is 121 cm³/mol. The highest BCUT2D eigenvalue weighted by atomic mass is 35.5. The summed E-state index contributed by atoms with van der Waals surface area (Å²) in [6, 6.07) is 21.5. The van der Waals surface area contributed by atoms with E-state index in [4.69, 9.17) is 16.6 Å². The number of imidazole rings is 1. The Balaban J connectivity index is 1.41. The van der Waals surface area contributed by atoms with Crippen LogP contribution in [0.25, 0.3) is 11.0 Å². The van der Waals surface area contributed by atoms with Gasteiger partial charge in [-0.15, -0.1) is 0 Å². The molecule has 150 valence electrons. The second-order valence-corrected chi connectivity index (χ2v) is 7.93. The van der Waals surface area contributed by atoms with Gasteiger partial charge in [0, 0.05) is 24.5 Å². The lowest BCUT2D eigenvalue weighted by Gasteiger charge is -2.30. The molecule has 3 aromatic carbocycles. The van der Waals surface area contributed by atoms with Gasteiger partial charge in [-0.05, 0) is 48.9 Å². The van der Waals surface area contributed by atoms with Crippen molar-refractivity contribution in [1.29, 1.82) is 0 Å². The van der Waals surface area contributed by atoms with Crippen molar-refractivity contribution in [2.24, 2.45) is 0 Å². The van der Waals surface area contributed by atoms with Crippen LogP contribution in [0.2, 0.25) is 5.02 Å². The largest absolute Gasteiger partial charge is 0.362 e. The minimum atomic E-state index is -0.207. The Morgan fingerprint density at radius 2 is 1.83 bits per heavy atom. The van der Waals surface area contributed by atoms with Crippen LogP contribution >= 0.6 is 11.6 Å². The molecule has 0 bridgehead atoms. The molecule has 1 aromatic heterocycles. The topological polar surface area (TPSA) is 50.2 Å². The standard InChI is InChI=1S/C24H21ClN4O/c1-16-10-11-17(14-21(16)27-24(30)18-6-2-3-7-19(18)25)28-12-13-29-22-9-5-4-8-20(22)26-23(29)15-28/h2-11,14H,12-13,15H2,1H3,(H,27,30). The van der Waals surface area contributed by atoms with Gasteiger partial charge in [0.1, 0.15) is 5.82 Å². The zero-order valence-electron chi connectivity index (χ0n) is 16.6. The molecule has 1 amide bonds. The van der Waals surface area contributed by atoms with Gasteiger partial charge in [0.2, 0.25) is 0 Å². The minimum Gasteiger partial charge on any atom is -0.362 e. The van der Waals surface area contributed by atoms with E-state index >= 15 is 0 Å². The van der Waals surface area contributed by atoms with E-state index in [1.54, 1.807) is 12.1 Å². The molecular formula is C24H21ClN4O. The van der Waals surface area contributed by atoms with Gasteiger partial charge in [-0.1, -0.05) is 41.9 Å². The first kappa shape index (κ1) is 18.7. The Bertz CT molecular complexity index is 1260. The number of hydrogen-bond acceptors (Lipinski definition) is 3. The summed E-state index contributed by atoms with van der Waals surface area (Å²) in [6.07, 6.45) is 0. The average molecular weight is 417 g/mol. The molecule has 0 unspecified atom stereocenters. The first-order chi connectivity index (χ1) is 14.6. The average Bonchev–Trinajstić information content (AvgIpc) is 3.13. The number of amides is 1. The molecule has 30 heavy (non-hydrogen) atoms. The summed E-state index contributed by atoms with van der Waals surface area (Å²) < 4.78 is 2.29. The number of nitrogens with zero attached hydrogens (tertiary/aromatic N) is 3. The molecule has 0 radical (unpaired) electrons. The highest BCUT2D eigenvalue weighted by Crippen LogP contribution is 2.29. The first-order valence-corrected chi connectivity index (χ1v) is 10.3. The van der Waals surface area contributed by atoms with E-state index < -0.39 is 0 Å². The summed E-state index contributed by atoms with van der Waals surface area (Å²) in [7, 11) is 0. The van der Waals surface area contributed by atoms with E-state index in [1.165, 1.54) is 5.52 Å². The number of carbonyl (C=O) groups is 1. The van der Waals surface area contributed by atoms with Crippen molar-refractivity contribution in [3.8, 4) is 0 Å². The normalized spacial score (nSPS) is 13.3. The van der Waals surface area contributed by atoms with Gasteiger partial charge in [-0.25, -0.2) is 4.98 Å². The molecule has 0 atom stereocenters. The van der Waals surface area contributed by atoms with Gasteiger partial charge in [0.15, 0.2) is 0 Å². The van der Waals surface area contributed by atoms with Crippen molar-refractivity contribution in [2.75, 3.05) is 16.8 Å². The smallest absolute Gasteiger partial charge is 0.257 e. The zero-order valence-corrected chi connectivity index (χ0v) is 17.4. The van der Waals surface area contributed by atoms with Crippen molar-refractivity contribution >= 4 is 39.9 Å². The minimum absolute atomic E-state index is 0.207. The summed E-state index contributed by atoms with van der Waals surface area (Å²) in [5, 5.41) is 3.46. The number of fused-ring (bicyclic) bond motifs is 3. The molecule has 1 N–H and O–H groups in total. The zero-order chi connectivity index (χ0) is 20.7. The summed E-state index contributed by atoms with van der Waals surface area (Å²) in [5.74, 6) is 0.853. The van der Waals surface area contributed by atoms with Crippen LogP contribution in [0.1, 0.15) is 21.7 Å². The van der Waals surface area contributed by atoms with Crippen molar-refractivity contribution < 1.29 is 4.79 Å². The molecule has 0 aliphatic carbocycles. The molecule has 0 saturated heterocycles. The van der Waals surface area contributed by atoms with Crippen molar-refractivity contribution in [2.45, 2.75) is 20.0 Å². The lowest BCUT2D eigenvalue weighted by Crippen LogP contribution is -2.33. The van der Waals surface area contributed by atoms with Crippen molar-refractivity contribution in [3.05, 3.63) is 88.7 Å². The number of nitrogens with one attached hydrogen (secondary N) is 1. The third-order valence-corrected chi connectivity index (χ3v) is 5.94. The van der Waals surface area contributed by atoms with Crippen LogP contribution in [-0.2, 0) is 13.1 Å². The fourth-order valence-electron chi connectivity index (χ4n) is 3.96. The molecule has 2 heterocycles. The number of aromatic nitrogens is 2. The third-order valence-electron chi connectivity index (χ3n) is 5.61. The van der Waals surface area contributed by atoms with Gasteiger partial charge in [-0.2, -0.15) is 0 Å². The summed E-state index contributed by atoms with van der Waals surface area (Å²) in [5.41, 5.74) is 5.54. The van der Waals surface area contributed by atoms with Crippen LogP contribution in [-0.4, -0.2) is 22.0 Å². The number of benzene rings is 3. The monoisotopic (exact) mass is 416 g/mol. The molecule has 4 aromatic rings. The van der Waals surface area contributed by atoms with E-state index in [2.05, 4.69) is 39.0 Å². The molecule has 1 aliphatic heterocycles. The van der Waals surface area contributed by atoms with Crippen LogP contribution in [0.15, 0.2) is 66.7 Å². The lowest BCUT2D eigenvalue weighted by molar-refractivity contribution is 0.102. The third kappa shape index (κ3) is 3.31. The molecule has 0 fully saturated rings. The molecule has 1 aliphatic rings. The highest BCUT2D eigenvalue weighted by Gasteiger charge is 2.21. The number of para-hydroxylation sites is 2. The van der Waals surface area contributed by atoms with E-state index in [0.717, 1.165) is 47.9 Å². The van der Waals surface area contributed by atoms with Crippen LogP contribution in [0.3, 0.4) is 0 Å². The summed E-state index contributed by atoms with van der Waals surface area (Å²) in [4.78, 5) is 19.8. The van der Waals surface area contributed by atoms with Crippen molar-refractivity contribution in [3.63, 3.8) is 0 Å². The van der Waals surface area contributed by atoms with Crippen LogP contribution in [0.4, 0.5) is 11.4 Å². The van der Waals surface area contributed by atoms with Crippen molar-refractivity contribution in [1.82, 2.24) is 9.55 Å². The summed E-state index contributed by atoms with van der Waals surface area (Å²) >= 11 is 6.18. The Kier molecular flexibility index (Phi) is 4.68. The molecule has 5 nitrogen and oxygen atoms in total. The number of halogens is 1. The maximum atomic E-state index is 12.7. The van der Waals surface area contributed by atoms with Crippen LogP contribution in [0.5, 0.6) is 0 Å². The van der Waals surface area contributed by atoms with Crippen LogP contribution < -0.4 is 10.2 Å². The van der Waals surface area contributed by atoms with Gasteiger partial charge < -0.3 is 14.8 Å². The van der Waals surface area contributed by atoms with E-state index in [9.17, 15) is 4.79 Å². The number of hydrogen-bond donors (Lipinski definition) is 1. The van der Waals surface area contributed by atoms with Gasteiger partial charge >= 0.3 is 0 Å².